The van der Waals surface area contributed by atoms with Gasteiger partial charge >= 0.3 is 0 Å². The van der Waals surface area contributed by atoms with E-state index in [0.29, 0.717) is 6.54 Å². The summed E-state index contributed by atoms with van der Waals surface area (Å²) in [5.74, 6) is 1.17. The van der Waals surface area contributed by atoms with Crippen LogP contribution in [0.15, 0.2) is 10.7 Å². The van der Waals surface area contributed by atoms with Gasteiger partial charge in [-0.05, 0) is 0 Å². The number of halogens is 1. The van der Waals surface area contributed by atoms with Crippen molar-refractivity contribution >= 4 is 28.8 Å². The normalized spacial score (nSPS) is 15.7. The van der Waals surface area contributed by atoms with E-state index in [1.807, 2.05) is 36.7 Å². The van der Waals surface area contributed by atoms with Crippen LogP contribution in [-0.2, 0) is 6.54 Å². The molecule has 4 heteroatoms. The van der Waals surface area contributed by atoms with Crippen molar-refractivity contribution in [3.63, 3.8) is 0 Å². The van der Waals surface area contributed by atoms with Gasteiger partial charge in [0.1, 0.15) is 5.76 Å². The summed E-state index contributed by atoms with van der Waals surface area (Å²) in [4.78, 5) is 11.6. The molecule has 1 amide bonds. The van der Waals surface area contributed by atoms with Crippen molar-refractivity contribution in [2.24, 2.45) is 0 Å². The zero-order chi connectivity index (χ0) is 9.59. The largest absolute Gasteiger partial charge is 0.468 e. The quantitative estimate of drug-likeness (QED) is 0.589. The van der Waals surface area contributed by atoms with Crippen molar-refractivity contribution in [3.05, 3.63) is 23.2 Å². The predicted octanol–water partition coefficient (Wildman–Crippen LogP) is 2.71. The molecule has 13 heavy (non-hydrogen) atoms. The molecule has 0 bridgehead atoms. The molecular formula is C9H10INO2. The Morgan fingerprint density at radius 2 is 2.31 bits per heavy atom. The molecule has 0 aromatic carbocycles. The first-order chi connectivity index (χ1) is 6.11. The smallest absolute Gasteiger partial charge is 0.266 e. The number of amides is 1. The summed E-state index contributed by atoms with van der Waals surface area (Å²) in [6.45, 7) is 4.73. The van der Waals surface area contributed by atoms with E-state index in [9.17, 15) is 4.79 Å². The Kier molecular flexibility index (Phi) is 2.09. The van der Waals surface area contributed by atoms with Crippen molar-refractivity contribution in [2.45, 2.75) is 26.3 Å². The third-order valence-corrected chi connectivity index (χ3v) is 2.94. The molecule has 0 aliphatic carbocycles. The van der Waals surface area contributed by atoms with Crippen LogP contribution in [0.1, 0.15) is 41.4 Å². The molecule has 1 aliphatic rings. The lowest BCUT2D eigenvalue weighted by atomic mass is 10.1. The molecule has 0 N–H and O–H groups in total. The van der Waals surface area contributed by atoms with Crippen molar-refractivity contribution in [2.75, 3.05) is 0 Å². The summed E-state index contributed by atoms with van der Waals surface area (Å²) in [7, 11) is 0. The van der Waals surface area contributed by atoms with Crippen LogP contribution in [0.4, 0.5) is 0 Å². The van der Waals surface area contributed by atoms with Crippen LogP contribution in [0.3, 0.4) is 0 Å². The van der Waals surface area contributed by atoms with E-state index in [4.69, 9.17) is 4.42 Å². The molecule has 0 unspecified atom stereocenters. The van der Waals surface area contributed by atoms with E-state index < -0.39 is 0 Å². The average Bonchev–Trinajstić information content (AvgIpc) is 2.55. The molecule has 0 atom stereocenters. The number of furan rings is 1. The monoisotopic (exact) mass is 291 g/mol. The second kappa shape index (κ2) is 3.01. The van der Waals surface area contributed by atoms with E-state index in [1.54, 1.807) is 9.38 Å². The minimum atomic E-state index is 0.0769. The first-order valence-electron chi connectivity index (χ1n) is 4.19. The maximum atomic E-state index is 11.6. The highest BCUT2D eigenvalue weighted by Gasteiger charge is 2.32. The van der Waals surface area contributed by atoms with Crippen molar-refractivity contribution < 1.29 is 9.21 Å². The summed E-state index contributed by atoms with van der Waals surface area (Å²) < 4.78 is 7.05. The molecule has 1 aromatic heterocycles. The first-order valence-corrected chi connectivity index (χ1v) is 5.15. The fraction of sp³-hybridized carbons (Fsp3) is 0.444. The van der Waals surface area contributed by atoms with Crippen LogP contribution in [-0.4, -0.2) is 9.02 Å². The number of hydrogen-bond acceptors (Lipinski definition) is 2. The maximum Gasteiger partial charge on any atom is 0.266 e. The Morgan fingerprint density at radius 3 is 2.92 bits per heavy atom. The standard InChI is InChI=1S/C9H10INO2/c1-5(2)8-7-6(4-13-8)3-11(10)9(7)12/h4-5H,3H2,1-2H3. The fourth-order valence-electron chi connectivity index (χ4n) is 1.54. The van der Waals surface area contributed by atoms with E-state index in [0.717, 1.165) is 16.9 Å². The van der Waals surface area contributed by atoms with Gasteiger partial charge in [0.05, 0.1) is 41.2 Å². The third-order valence-electron chi connectivity index (χ3n) is 2.16. The second-order valence-corrected chi connectivity index (χ2v) is 4.65. The number of rotatable bonds is 1. The van der Waals surface area contributed by atoms with Crippen LogP contribution < -0.4 is 0 Å². The third kappa shape index (κ3) is 1.27. The Labute approximate surface area is 90.6 Å². The van der Waals surface area contributed by atoms with Gasteiger partial charge in [0.25, 0.3) is 5.91 Å². The maximum absolute atomic E-state index is 11.6. The molecule has 70 valence electrons. The van der Waals surface area contributed by atoms with Gasteiger partial charge in [-0.3, -0.25) is 7.91 Å². The number of carbonyl (C=O) groups is 1. The molecule has 0 saturated carbocycles. The zero-order valence-corrected chi connectivity index (χ0v) is 9.66. The Hall–Kier alpha value is -0.520. The van der Waals surface area contributed by atoms with Gasteiger partial charge in [0.2, 0.25) is 0 Å². The van der Waals surface area contributed by atoms with Crippen LogP contribution in [0.5, 0.6) is 0 Å². The van der Waals surface area contributed by atoms with Crippen LogP contribution >= 0.6 is 22.9 Å². The molecule has 1 aliphatic heterocycles. The predicted molar refractivity (Wildman–Crippen MR) is 56.7 cm³/mol. The highest BCUT2D eigenvalue weighted by Crippen LogP contribution is 2.33. The molecule has 1 aromatic rings. The molecule has 0 saturated heterocycles. The average molecular weight is 291 g/mol. The highest BCUT2D eigenvalue weighted by molar-refractivity contribution is 14.1. The van der Waals surface area contributed by atoms with Gasteiger partial charge in [-0.2, -0.15) is 0 Å². The number of hydrogen-bond donors (Lipinski definition) is 0. The topological polar surface area (TPSA) is 33.5 Å². The zero-order valence-electron chi connectivity index (χ0n) is 7.50. The molecule has 3 nitrogen and oxygen atoms in total. The van der Waals surface area contributed by atoms with Gasteiger partial charge in [-0.1, -0.05) is 13.8 Å². The lowest BCUT2D eigenvalue weighted by Gasteiger charge is -2.05. The molecule has 2 heterocycles. The minimum Gasteiger partial charge on any atom is -0.468 e. The number of carbonyl (C=O) groups excluding carboxylic acids is 1. The van der Waals surface area contributed by atoms with Gasteiger partial charge < -0.3 is 4.42 Å². The number of fused-ring (bicyclic) bond motifs is 1. The minimum absolute atomic E-state index is 0.0769. The SMILES string of the molecule is CC(C)c1occ2c1C(=O)N(I)C2. The Bertz CT molecular complexity index is 356. The van der Waals surface area contributed by atoms with Crippen LogP contribution in [0.25, 0.3) is 0 Å². The summed E-state index contributed by atoms with van der Waals surface area (Å²) in [6.07, 6.45) is 1.70. The summed E-state index contributed by atoms with van der Waals surface area (Å²) >= 11 is 2.03. The summed E-state index contributed by atoms with van der Waals surface area (Å²) in [6, 6.07) is 0. The van der Waals surface area contributed by atoms with Gasteiger partial charge in [-0.15, -0.1) is 0 Å². The second-order valence-electron chi connectivity index (χ2n) is 3.48. The van der Waals surface area contributed by atoms with Crippen molar-refractivity contribution in [1.82, 2.24) is 3.11 Å². The Morgan fingerprint density at radius 1 is 1.62 bits per heavy atom. The van der Waals surface area contributed by atoms with Gasteiger partial charge in [0.15, 0.2) is 0 Å². The lowest BCUT2D eigenvalue weighted by Crippen LogP contribution is -2.12. The van der Waals surface area contributed by atoms with E-state index in [-0.39, 0.29) is 11.8 Å². The van der Waals surface area contributed by atoms with E-state index >= 15 is 0 Å². The van der Waals surface area contributed by atoms with E-state index in [2.05, 4.69) is 0 Å². The van der Waals surface area contributed by atoms with E-state index in [1.165, 1.54) is 0 Å². The van der Waals surface area contributed by atoms with Crippen molar-refractivity contribution in [1.29, 1.82) is 0 Å². The lowest BCUT2D eigenvalue weighted by molar-refractivity contribution is 0.0901. The summed E-state index contributed by atoms with van der Waals surface area (Å²) in [5.41, 5.74) is 1.80. The van der Waals surface area contributed by atoms with Crippen molar-refractivity contribution in [3.8, 4) is 0 Å². The molecule has 2 rings (SSSR count). The van der Waals surface area contributed by atoms with Gasteiger partial charge in [0, 0.05) is 11.5 Å². The highest BCUT2D eigenvalue weighted by atomic mass is 127. The van der Waals surface area contributed by atoms with Gasteiger partial charge in [-0.25, -0.2) is 0 Å². The molecule has 0 fully saturated rings. The Balaban J connectivity index is 2.50. The number of nitrogens with zero attached hydrogens (tertiary/aromatic N) is 1. The first kappa shape index (κ1) is 9.05. The molecule has 0 radical (unpaired) electrons. The van der Waals surface area contributed by atoms with Crippen LogP contribution in [0.2, 0.25) is 0 Å². The molecule has 0 spiro atoms. The fourth-order valence-corrected chi connectivity index (χ4v) is 2.15. The molecular weight excluding hydrogens is 281 g/mol. The summed E-state index contributed by atoms with van der Waals surface area (Å²) in [5, 5.41) is 0. The van der Waals surface area contributed by atoms with Crippen LogP contribution in [0, 0.1) is 0 Å².